The molecule has 0 atom stereocenters. The topological polar surface area (TPSA) is 113 Å². The van der Waals surface area contributed by atoms with Crippen LogP contribution in [0.3, 0.4) is 0 Å². The van der Waals surface area contributed by atoms with Gasteiger partial charge in [-0.15, -0.1) is 0 Å². The highest BCUT2D eigenvalue weighted by molar-refractivity contribution is 7.89. The van der Waals surface area contributed by atoms with Gasteiger partial charge in [-0.1, -0.05) is 0 Å². The Hall–Kier alpha value is -1.93. The molecular weight excluding hydrogens is 296 g/mol. The van der Waals surface area contributed by atoms with Gasteiger partial charge < -0.3 is 10.4 Å². The number of benzene rings is 1. The fraction of sp³-hybridized carbons (Fsp3) is 0.385. The van der Waals surface area contributed by atoms with Crippen LogP contribution in [0.25, 0.3) is 0 Å². The van der Waals surface area contributed by atoms with Crippen molar-refractivity contribution in [3.63, 3.8) is 0 Å². The van der Waals surface area contributed by atoms with Gasteiger partial charge in [0.15, 0.2) is 0 Å². The molecule has 1 aromatic carbocycles. The summed E-state index contributed by atoms with van der Waals surface area (Å²) in [5.41, 5.74) is 0.00487. The van der Waals surface area contributed by atoms with Crippen molar-refractivity contribution in [1.82, 2.24) is 10.0 Å². The predicted molar refractivity (Wildman–Crippen MR) is 76.5 cm³/mol. The van der Waals surface area contributed by atoms with Crippen molar-refractivity contribution in [3.05, 3.63) is 29.8 Å². The fourth-order valence-electron chi connectivity index (χ4n) is 1.55. The molecule has 0 aliphatic carbocycles. The maximum absolute atomic E-state index is 11.9. The maximum Gasteiger partial charge on any atom is 0.335 e. The summed E-state index contributed by atoms with van der Waals surface area (Å²) in [6, 6.07) is 4.84. The summed E-state index contributed by atoms with van der Waals surface area (Å²) in [7, 11) is -3.75. The first kappa shape index (κ1) is 17.1. The maximum atomic E-state index is 11.9. The summed E-state index contributed by atoms with van der Waals surface area (Å²) in [6.45, 7) is 3.60. The third-order valence-electron chi connectivity index (χ3n) is 2.51. The van der Waals surface area contributed by atoms with E-state index in [1.807, 2.05) is 13.8 Å². The number of carbonyl (C=O) groups is 2. The molecule has 0 unspecified atom stereocenters. The zero-order valence-electron chi connectivity index (χ0n) is 11.8. The predicted octanol–water partition coefficient (Wildman–Crippen LogP) is 0.578. The molecule has 1 aromatic rings. The third kappa shape index (κ3) is 5.52. The number of carboxylic acids is 1. The van der Waals surface area contributed by atoms with E-state index in [0.29, 0.717) is 0 Å². The number of carbonyl (C=O) groups excluding carboxylic acids is 1. The number of sulfonamides is 1. The number of carboxylic acid groups (broad SMARTS) is 1. The second kappa shape index (κ2) is 7.19. The Labute approximate surface area is 123 Å². The van der Waals surface area contributed by atoms with Crippen LogP contribution >= 0.6 is 0 Å². The monoisotopic (exact) mass is 314 g/mol. The summed E-state index contributed by atoms with van der Waals surface area (Å²) in [6.07, 6.45) is 0.0324. The van der Waals surface area contributed by atoms with Gasteiger partial charge in [-0.25, -0.2) is 17.9 Å². The first-order valence-corrected chi connectivity index (χ1v) is 7.83. The van der Waals surface area contributed by atoms with Crippen LogP contribution in [0.2, 0.25) is 0 Å². The van der Waals surface area contributed by atoms with Crippen LogP contribution in [0, 0.1) is 0 Å². The van der Waals surface area contributed by atoms with Gasteiger partial charge in [0, 0.05) is 19.0 Å². The lowest BCUT2D eigenvalue weighted by molar-refractivity contribution is -0.121. The van der Waals surface area contributed by atoms with Crippen LogP contribution in [-0.4, -0.2) is 38.0 Å². The summed E-state index contributed by atoms with van der Waals surface area (Å²) >= 11 is 0. The zero-order valence-corrected chi connectivity index (χ0v) is 12.6. The normalized spacial score (nSPS) is 11.4. The molecule has 0 saturated carbocycles. The number of nitrogens with one attached hydrogen (secondary N) is 2. The van der Waals surface area contributed by atoms with E-state index in [-0.39, 0.29) is 35.4 Å². The minimum Gasteiger partial charge on any atom is -0.478 e. The molecule has 21 heavy (non-hydrogen) atoms. The van der Waals surface area contributed by atoms with Gasteiger partial charge in [-0.3, -0.25) is 4.79 Å². The van der Waals surface area contributed by atoms with E-state index in [4.69, 9.17) is 5.11 Å². The Balaban J connectivity index is 2.61. The van der Waals surface area contributed by atoms with Gasteiger partial charge in [0.05, 0.1) is 10.5 Å². The van der Waals surface area contributed by atoms with E-state index in [1.54, 1.807) is 0 Å². The van der Waals surface area contributed by atoms with Crippen molar-refractivity contribution in [2.45, 2.75) is 31.2 Å². The molecule has 0 aliphatic heterocycles. The number of hydrogen-bond acceptors (Lipinski definition) is 4. The number of amides is 1. The molecule has 3 N–H and O–H groups in total. The van der Waals surface area contributed by atoms with Crippen molar-refractivity contribution in [1.29, 1.82) is 0 Å². The highest BCUT2D eigenvalue weighted by atomic mass is 32.2. The molecule has 0 radical (unpaired) electrons. The summed E-state index contributed by atoms with van der Waals surface area (Å²) in [5.74, 6) is -1.37. The van der Waals surface area contributed by atoms with Crippen molar-refractivity contribution in [2.24, 2.45) is 0 Å². The Kier molecular flexibility index (Phi) is 5.86. The summed E-state index contributed by atoms with van der Waals surface area (Å²) in [5, 5.41) is 11.4. The van der Waals surface area contributed by atoms with Crippen molar-refractivity contribution in [2.75, 3.05) is 6.54 Å². The van der Waals surface area contributed by atoms with E-state index in [0.717, 1.165) is 0 Å². The number of aromatic carboxylic acids is 1. The lowest BCUT2D eigenvalue weighted by Crippen LogP contribution is -2.34. The van der Waals surface area contributed by atoms with Gasteiger partial charge in [0.25, 0.3) is 0 Å². The van der Waals surface area contributed by atoms with Gasteiger partial charge >= 0.3 is 5.97 Å². The molecule has 7 nitrogen and oxygen atoms in total. The van der Waals surface area contributed by atoms with Crippen LogP contribution in [0.5, 0.6) is 0 Å². The molecular formula is C13H18N2O5S. The lowest BCUT2D eigenvalue weighted by atomic mass is 10.2. The summed E-state index contributed by atoms with van der Waals surface area (Å²) in [4.78, 5) is 22.0. The smallest absolute Gasteiger partial charge is 0.335 e. The quantitative estimate of drug-likeness (QED) is 0.681. The van der Waals surface area contributed by atoms with E-state index in [1.165, 1.54) is 24.3 Å². The third-order valence-corrected chi connectivity index (χ3v) is 3.98. The van der Waals surface area contributed by atoms with Crippen molar-refractivity contribution >= 4 is 21.9 Å². The largest absolute Gasteiger partial charge is 0.478 e. The molecule has 0 aliphatic rings. The molecule has 0 spiro atoms. The second-order valence-corrected chi connectivity index (χ2v) is 6.47. The minimum absolute atomic E-state index is 0.00216. The van der Waals surface area contributed by atoms with Crippen LogP contribution in [0.4, 0.5) is 0 Å². The average molecular weight is 314 g/mol. The highest BCUT2D eigenvalue weighted by Crippen LogP contribution is 2.10. The van der Waals surface area contributed by atoms with E-state index in [2.05, 4.69) is 10.0 Å². The van der Waals surface area contributed by atoms with Gasteiger partial charge in [-0.2, -0.15) is 0 Å². The summed E-state index contributed by atoms with van der Waals surface area (Å²) < 4.78 is 26.1. The second-order valence-electron chi connectivity index (χ2n) is 4.70. The average Bonchev–Trinajstić information content (AvgIpc) is 2.37. The molecule has 1 amide bonds. The first-order valence-electron chi connectivity index (χ1n) is 6.35. The van der Waals surface area contributed by atoms with Crippen LogP contribution in [-0.2, 0) is 14.8 Å². The van der Waals surface area contributed by atoms with E-state index < -0.39 is 16.0 Å². The van der Waals surface area contributed by atoms with Crippen LogP contribution < -0.4 is 10.0 Å². The fourth-order valence-corrected chi connectivity index (χ4v) is 2.58. The minimum atomic E-state index is -3.75. The molecule has 0 heterocycles. The van der Waals surface area contributed by atoms with Crippen LogP contribution in [0.15, 0.2) is 29.2 Å². The first-order chi connectivity index (χ1) is 9.72. The SMILES string of the molecule is CC(C)NC(=O)CCNS(=O)(=O)c1ccc(C(=O)O)cc1. The Bertz CT molecular complexity index is 608. The number of hydrogen-bond donors (Lipinski definition) is 3. The lowest BCUT2D eigenvalue weighted by Gasteiger charge is -2.09. The van der Waals surface area contributed by atoms with Crippen molar-refractivity contribution in [3.8, 4) is 0 Å². The molecule has 8 heteroatoms. The number of rotatable bonds is 7. The Morgan fingerprint density at radius 1 is 1.19 bits per heavy atom. The van der Waals surface area contributed by atoms with E-state index >= 15 is 0 Å². The Morgan fingerprint density at radius 2 is 1.76 bits per heavy atom. The molecule has 0 fully saturated rings. The van der Waals surface area contributed by atoms with Gasteiger partial charge in [0.2, 0.25) is 15.9 Å². The molecule has 0 saturated heterocycles. The van der Waals surface area contributed by atoms with Crippen molar-refractivity contribution < 1.29 is 23.1 Å². The molecule has 0 aromatic heterocycles. The molecule has 116 valence electrons. The van der Waals surface area contributed by atoms with E-state index in [9.17, 15) is 18.0 Å². The zero-order chi connectivity index (χ0) is 16.0. The highest BCUT2D eigenvalue weighted by Gasteiger charge is 2.15. The molecule has 0 bridgehead atoms. The van der Waals surface area contributed by atoms with Crippen LogP contribution in [0.1, 0.15) is 30.6 Å². The molecule has 1 rings (SSSR count). The van der Waals surface area contributed by atoms with Gasteiger partial charge in [0.1, 0.15) is 0 Å². The van der Waals surface area contributed by atoms with Gasteiger partial charge in [-0.05, 0) is 38.1 Å². The standard InChI is InChI=1S/C13H18N2O5S/c1-9(2)15-12(16)7-8-14-21(19,20)11-5-3-10(4-6-11)13(17)18/h3-6,9,14H,7-8H2,1-2H3,(H,15,16)(H,17,18). The Morgan fingerprint density at radius 3 is 2.24 bits per heavy atom.